The fraction of sp³-hybridized carbons (Fsp3) is 0.500. The van der Waals surface area contributed by atoms with Crippen molar-refractivity contribution in [3.05, 3.63) is 0 Å². The summed E-state index contributed by atoms with van der Waals surface area (Å²) in [7, 11) is -4.74. The van der Waals surface area contributed by atoms with Crippen molar-refractivity contribution in [3.63, 3.8) is 0 Å². The van der Waals surface area contributed by atoms with Gasteiger partial charge in [0.2, 0.25) is 0 Å². The number of nitrogen functional groups attached to an aromatic ring is 2. The van der Waals surface area contributed by atoms with Crippen LogP contribution in [0.5, 0.6) is 0 Å². The Kier molecular flexibility index (Phi) is 3.73. The van der Waals surface area contributed by atoms with E-state index in [1.165, 1.54) is 0 Å². The van der Waals surface area contributed by atoms with Crippen LogP contribution in [0.1, 0.15) is 6.42 Å². The number of hydrogen-bond acceptors (Lipinski definition) is 9. The van der Waals surface area contributed by atoms with Crippen LogP contribution in [0, 0.1) is 0 Å². The topological polar surface area (TPSA) is 179 Å². The third-order valence-corrected chi connectivity index (χ3v) is 2.49. The molecule has 0 spiro atoms. The number of aromatic nitrogens is 3. The maximum Gasteiger partial charge on any atom is 0.472 e. The van der Waals surface area contributed by atoms with Crippen LogP contribution >= 0.6 is 0 Å². The van der Waals surface area contributed by atoms with E-state index >= 15 is 0 Å². The zero-order chi connectivity index (χ0) is 12.6. The molecule has 1 saturated heterocycles. The van der Waals surface area contributed by atoms with E-state index in [2.05, 4.69) is 14.3 Å². The molecule has 6 N–H and O–H groups in total. The minimum atomic E-state index is -4.74. The summed E-state index contributed by atoms with van der Waals surface area (Å²) in [4.78, 5) is 9.44. The summed E-state index contributed by atoms with van der Waals surface area (Å²) in [6, 6.07) is 0. The predicted octanol–water partition coefficient (Wildman–Crippen LogP) is -2.81. The molecule has 0 unspecified atom stereocenters. The highest BCUT2D eigenvalue weighted by molar-refractivity contribution is 7.80. The molecule has 0 bridgehead atoms. The van der Waals surface area contributed by atoms with Gasteiger partial charge in [0.15, 0.2) is 0 Å². The van der Waals surface area contributed by atoms with Gasteiger partial charge < -0.3 is 21.8 Å². The zero-order valence-electron chi connectivity index (χ0n) is 9.09. The molecule has 1 aliphatic rings. The van der Waals surface area contributed by atoms with Crippen LogP contribution in [-0.4, -0.2) is 41.5 Å². The van der Waals surface area contributed by atoms with Crippen molar-refractivity contribution in [2.24, 2.45) is 0 Å². The van der Waals surface area contributed by atoms with E-state index in [1.54, 1.807) is 0 Å². The Hall–Kier alpha value is -1.92. The highest BCUT2D eigenvalue weighted by Gasteiger charge is 2.26. The van der Waals surface area contributed by atoms with E-state index in [4.69, 9.17) is 16.0 Å². The molecule has 12 heteroatoms. The van der Waals surface area contributed by atoms with E-state index in [0.717, 1.165) is 19.5 Å². The van der Waals surface area contributed by atoms with Gasteiger partial charge in [-0.3, -0.25) is 4.55 Å². The molecular formula is C6H12N6O5S. The lowest BCUT2D eigenvalue weighted by atomic mass is 10.2. The second-order valence-corrected chi connectivity index (χ2v) is 4.38. The lowest BCUT2D eigenvalue weighted by molar-refractivity contribution is -0.836. The first-order valence-corrected chi connectivity index (χ1v) is 6.01. The highest BCUT2D eigenvalue weighted by Crippen LogP contribution is 2.15. The Morgan fingerprint density at radius 3 is 2.11 bits per heavy atom. The van der Waals surface area contributed by atoms with Gasteiger partial charge in [0.05, 0.1) is 0 Å². The lowest BCUT2D eigenvalue weighted by Gasteiger charge is -2.28. The summed E-state index contributed by atoms with van der Waals surface area (Å²) in [6.07, 6.45) is 1.01. The number of anilines is 3. The van der Waals surface area contributed by atoms with E-state index in [1.807, 2.05) is 4.90 Å². The number of rotatable bonds is 3. The molecule has 2 heterocycles. The van der Waals surface area contributed by atoms with Crippen molar-refractivity contribution in [3.8, 4) is 0 Å². The number of nitrogens with two attached hydrogens (primary N) is 2. The molecular weight excluding hydrogens is 268 g/mol. The van der Waals surface area contributed by atoms with Crippen molar-refractivity contribution in [1.29, 1.82) is 0 Å². The van der Waals surface area contributed by atoms with E-state index in [9.17, 15) is 8.42 Å². The van der Waals surface area contributed by atoms with Gasteiger partial charge in [-0.25, -0.2) is 4.28 Å². The molecule has 0 radical (unpaired) electrons. The van der Waals surface area contributed by atoms with Gasteiger partial charge in [-0.15, -0.1) is 0 Å². The summed E-state index contributed by atoms with van der Waals surface area (Å²) >= 11 is 0. The fourth-order valence-electron chi connectivity index (χ4n) is 1.27. The molecule has 11 nitrogen and oxygen atoms in total. The van der Waals surface area contributed by atoms with Gasteiger partial charge in [-0.2, -0.15) is 8.42 Å². The molecule has 1 aliphatic heterocycles. The first-order chi connectivity index (χ1) is 7.87. The lowest BCUT2D eigenvalue weighted by Crippen LogP contribution is -2.52. The maximum absolute atomic E-state index is 10.5. The Morgan fingerprint density at radius 1 is 1.28 bits per heavy atom. The van der Waals surface area contributed by atoms with Gasteiger partial charge >= 0.3 is 28.2 Å². The van der Waals surface area contributed by atoms with Crippen molar-refractivity contribution < 1.29 is 27.5 Å². The van der Waals surface area contributed by atoms with E-state index in [0.29, 0.717) is 10.7 Å². The number of hydrogen-bond donors (Lipinski definition) is 3. The van der Waals surface area contributed by atoms with E-state index in [-0.39, 0.29) is 17.4 Å². The standard InChI is InChI=1S/C6H10N6O4S.H2O/c7-4-9-6(11-2-1-3-11)10-5(8)12(4)16-17(13,14)15;/h1-3H2,(H4,7,8,9,10,13,14,15);1H2. The molecule has 0 amide bonds. The Balaban J connectivity index is 0.00000162. The molecule has 1 aromatic rings. The van der Waals surface area contributed by atoms with Crippen LogP contribution in [-0.2, 0) is 10.4 Å². The summed E-state index contributed by atoms with van der Waals surface area (Å²) in [5.74, 6) is -0.351. The first kappa shape index (κ1) is 14.1. The third-order valence-electron chi connectivity index (χ3n) is 2.15. The van der Waals surface area contributed by atoms with Crippen LogP contribution < -0.4 is 25.4 Å². The van der Waals surface area contributed by atoms with Crippen molar-refractivity contribution >= 4 is 28.2 Å². The molecule has 1 fully saturated rings. The monoisotopic (exact) mass is 280 g/mol. The van der Waals surface area contributed by atoms with Crippen molar-refractivity contribution in [2.45, 2.75) is 6.42 Å². The Morgan fingerprint density at radius 2 is 1.78 bits per heavy atom. The molecule has 102 valence electrons. The van der Waals surface area contributed by atoms with Crippen LogP contribution in [0.4, 0.5) is 17.8 Å². The van der Waals surface area contributed by atoms with Crippen LogP contribution in [0.3, 0.4) is 0 Å². The average Bonchev–Trinajstić information content (AvgIpc) is 2.07. The summed E-state index contributed by atoms with van der Waals surface area (Å²) in [5.41, 5.74) is 10.9. The normalized spacial score (nSPS) is 14.6. The van der Waals surface area contributed by atoms with Crippen LogP contribution in [0.2, 0.25) is 0 Å². The molecule has 18 heavy (non-hydrogen) atoms. The van der Waals surface area contributed by atoms with Gasteiger partial charge in [0, 0.05) is 13.1 Å². The summed E-state index contributed by atoms with van der Waals surface area (Å²) in [5, 5.41) is 0. The summed E-state index contributed by atoms with van der Waals surface area (Å²) < 4.78 is 34.1. The molecule has 2 rings (SSSR count). The molecule has 1 aromatic heterocycles. The van der Waals surface area contributed by atoms with E-state index < -0.39 is 10.4 Å². The molecule has 0 saturated carbocycles. The van der Waals surface area contributed by atoms with Gasteiger partial charge in [-0.05, 0) is 11.2 Å². The Labute approximate surface area is 102 Å². The molecule has 0 aromatic carbocycles. The van der Waals surface area contributed by atoms with Crippen molar-refractivity contribution in [1.82, 2.24) is 9.97 Å². The molecule has 0 atom stereocenters. The SMILES string of the molecule is Nc1nc(N2CCC2)nc(N)[n+]1OS(=O)(=O)O.[OH-]. The number of nitrogens with zero attached hydrogens (tertiary/aromatic N) is 4. The smallest absolute Gasteiger partial charge is 0.472 e. The quantitative estimate of drug-likeness (QED) is 0.386. The third kappa shape index (κ3) is 2.85. The second-order valence-electron chi connectivity index (χ2n) is 3.38. The highest BCUT2D eigenvalue weighted by atomic mass is 32.3. The predicted molar refractivity (Wildman–Crippen MR) is 57.9 cm³/mol. The van der Waals surface area contributed by atoms with Gasteiger partial charge in [0.1, 0.15) is 0 Å². The summed E-state index contributed by atoms with van der Waals surface area (Å²) in [6.45, 7) is 1.56. The average molecular weight is 280 g/mol. The fourth-order valence-corrected chi connectivity index (χ4v) is 1.61. The maximum atomic E-state index is 10.5. The largest absolute Gasteiger partial charge is 0.870 e. The van der Waals surface area contributed by atoms with Gasteiger partial charge in [-0.1, -0.05) is 9.97 Å². The van der Waals surface area contributed by atoms with Gasteiger partial charge in [0.25, 0.3) is 0 Å². The molecule has 0 aliphatic carbocycles. The van der Waals surface area contributed by atoms with Crippen LogP contribution in [0.25, 0.3) is 0 Å². The van der Waals surface area contributed by atoms with Crippen molar-refractivity contribution in [2.75, 3.05) is 29.5 Å². The minimum Gasteiger partial charge on any atom is -0.870 e. The zero-order valence-corrected chi connectivity index (χ0v) is 9.91. The first-order valence-electron chi connectivity index (χ1n) is 4.64. The van der Waals surface area contributed by atoms with Crippen LogP contribution in [0.15, 0.2) is 0 Å². The minimum absolute atomic E-state index is 0. The second kappa shape index (κ2) is 4.75. The Bertz CT molecular complexity index is 520.